The van der Waals surface area contributed by atoms with E-state index in [2.05, 4.69) is 35.2 Å². The molecule has 5 rings (SSSR count). The molecule has 2 saturated heterocycles. The van der Waals surface area contributed by atoms with E-state index in [-0.39, 0.29) is 5.92 Å². The first kappa shape index (κ1) is 16.5. The molecule has 2 aliphatic heterocycles. The average molecular weight is 349 g/mol. The Morgan fingerprint density at radius 2 is 1.81 bits per heavy atom. The second-order valence-corrected chi connectivity index (χ2v) is 8.15. The van der Waals surface area contributed by atoms with Crippen molar-refractivity contribution >= 4 is 16.6 Å². The van der Waals surface area contributed by atoms with Gasteiger partial charge in [0.15, 0.2) is 5.78 Å². The molecule has 136 valence electrons. The van der Waals surface area contributed by atoms with E-state index in [0.717, 1.165) is 70.4 Å². The molecule has 1 aliphatic carbocycles. The first-order chi connectivity index (χ1) is 12.8. The lowest BCUT2D eigenvalue weighted by molar-refractivity contribution is 0.0183. The van der Waals surface area contributed by atoms with Crippen LogP contribution in [0.25, 0.3) is 10.8 Å². The lowest BCUT2D eigenvalue weighted by atomic mass is 9.86. The Balaban J connectivity index is 1.42. The molecule has 3 nitrogen and oxygen atoms in total. The highest BCUT2D eigenvalue weighted by Crippen LogP contribution is 2.35. The van der Waals surface area contributed by atoms with Crippen molar-refractivity contribution in [3.8, 4) is 0 Å². The normalized spacial score (nSPS) is 24.2. The van der Waals surface area contributed by atoms with E-state index in [1.807, 2.05) is 0 Å². The molecule has 2 heterocycles. The van der Waals surface area contributed by atoms with Gasteiger partial charge in [-0.15, -0.1) is 0 Å². The Bertz CT molecular complexity index is 827. The Hall–Kier alpha value is -1.71. The van der Waals surface area contributed by atoms with Crippen LogP contribution in [0.1, 0.15) is 47.2 Å². The number of ketones is 1. The van der Waals surface area contributed by atoms with Gasteiger partial charge in [-0.3, -0.25) is 9.69 Å². The zero-order valence-corrected chi connectivity index (χ0v) is 15.4. The summed E-state index contributed by atoms with van der Waals surface area (Å²) < 4.78 is 5.52. The van der Waals surface area contributed by atoms with Crippen molar-refractivity contribution in [3.63, 3.8) is 0 Å². The summed E-state index contributed by atoms with van der Waals surface area (Å²) in [5.41, 5.74) is 3.78. The van der Waals surface area contributed by atoms with Gasteiger partial charge in [-0.1, -0.05) is 30.3 Å². The molecule has 1 atom stereocenters. The third-order valence-electron chi connectivity index (χ3n) is 6.67. The van der Waals surface area contributed by atoms with Crippen LogP contribution in [0.2, 0.25) is 0 Å². The topological polar surface area (TPSA) is 29.5 Å². The number of hydrogen-bond acceptors (Lipinski definition) is 3. The van der Waals surface area contributed by atoms with Crippen molar-refractivity contribution in [2.45, 2.75) is 44.6 Å². The molecule has 3 heteroatoms. The van der Waals surface area contributed by atoms with E-state index >= 15 is 0 Å². The molecule has 0 bridgehead atoms. The van der Waals surface area contributed by atoms with E-state index < -0.39 is 0 Å². The Kier molecular flexibility index (Phi) is 4.30. The van der Waals surface area contributed by atoms with Gasteiger partial charge in [-0.05, 0) is 67.0 Å². The highest BCUT2D eigenvalue weighted by atomic mass is 16.5. The SMILES string of the molecule is O=C(c1ccc2c3c(cccc13)CC2)[C@H]1CCCN(C2CCOCC2)C1. The molecule has 2 aromatic carbocycles. The van der Waals surface area contributed by atoms with Crippen LogP contribution in [0.15, 0.2) is 30.3 Å². The molecule has 0 unspecified atom stereocenters. The lowest BCUT2D eigenvalue weighted by Gasteiger charge is -2.39. The molecule has 26 heavy (non-hydrogen) atoms. The Morgan fingerprint density at radius 3 is 2.65 bits per heavy atom. The van der Waals surface area contributed by atoms with E-state index in [9.17, 15) is 4.79 Å². The van der Waals surface area contributed by atoms with Crippen LogP contribution in [0.4, 0.5) is 0 Å². The predicted octanol–water partition coefficient (Wildman–Crippen LogP) is 4.01. The smallest absolute Gasteiger partial charge is 0.167 e. The number of piperidine rings is 1. The molecule has 0 N–H and O–H groups in total. The number of benzene rings is 2. The summed E-state index contributed by atoms with van der Waals surface area (Å²) in [4.78, 5) is 16.0. The highest BCUT2D eigenvalue weighted by Gasteiger charge is 2.32. The molecule has 0 aromatic heterocycles. The fourth-order valence-corrected chi connectivity index (χ4v) is 5.28. The zero-order chi connectivity index (χ0) is 17.5. The fourth-order valence-electron chi connectivity index (χ4n) is 5.28. The molecule has 0 radical (unpaired) electrons. The summed E-state index contributed by atoms with van der Waals surface area (Å²) in [6, 6.07) is 11.4. The van der Waals surface area contributed by atoms with Crippen LogP contribution >= 0.6 is 0 Å². The summed E-state index contributed by atoms with van der Waals surface area (Å²) in [5, 5.41) is 2.54. The zero-order valence-electron chi connectivity index (χ0n) is 15.4. The Labute approximate surface area is 155 Å². The van der Waals surface area contributed by atoms with Crippen molar-refractivity contribution in [2.75, 3.05) is 26.3 Å². The molecule has 0 amide bonds. The first-order valence-electron chi connectivity index (χ1n) is 10.2. The van der Waals surface area contributed by atoms with Gasteiger partial charge in [0, 0.05) is 37.3 Å². The van der Waals surface area contributed by atoms with Crippen LogP contribution in [-0.2, 0) is 17.6 Å². The fraction of sp³-hybridized carbons (Fsp3) is 0.522. The van der Waals surface area contributed by atoms with Gasteiger partial charge in [-0.2, -0.15) is 0 Å². The number of rotatable bonds is 3. The number of carbonyl (C=O) groups excluding carboxylic acids is 1. The second kappa shape index (κ2) is 6.79. The standard InChI is InChI=1S/C23H27NO2/c25-23(18-4-2-12-24(15-18)19-10-13-26-14-11-19)21-9-8-17-7-6-16-3-1-5-20(21)22(16)17/h1,3,5,8-9,18-19H,2,4,6-7,10-15H2/t18-/m0/s1. The van der Waals surface area contributed by atoms with Gasteiger partial charge in [0.1, 0.15) is 0 Å². The predicted molar refractivity (Wildman–Crippen MR) is 104 cm³/mol. The average Bonchev–Trinajstić information content (AvgIpc) is 3.14. The van der Waals surface area contributed by atoms with Gasteiger partial charge in [0.05, 0.1) is 0 Å². The molecular weight excluding hydrogens is 322 g/mol. The summed E-state index contributed by atoms with van der Waals surface area (Å²) >= 11 is 0. The molecule has 0 spiro atoms. The first-order valence-corrected chi connectivity index (χ1v) is 10.2. The number of ether oxygens (including phenoxy) is 1. The summed E-state index contributed by atoms with van der Waals surface area (Å²) in [5.74, 6) is 0.502. The maximum Gasteiger partial charge on any atom is 0.167 e. The number of carbonyl (C=O) groups is 1. The third kappa shape index (κ3) is 2.78. The van der Waals surface area contributed by atoms with Crippen molar-refractivity contribution < 1.29 is 9.53 Å². The summed E-state index contributed by atoms with van der Waals surface area (Å²) in [6.07, 6.45) is 6.62. The monoisotopic (exact) mass is 349 g/mol. The molecular formula is C23H27NO2. The van der Waals surface area contributed by atoms with E-state index in [1.54, 1.807) is 0 Å². The van der Waals surface area contributed by atoms with E-state index in [1.165, 1.54) is 21.9 Å². The van der Waals surface area contributed by atoms with Crippen LogP contribution in [0.5, 0.6) is 0 Å². The highest BCUT2D eigenvalue weighted by molar-refractivity contribution is 6.11. The van der Waals surface area contributed by atoms with Crippen molar-refractivity contribution in [3.05, 3.63) is 47.0 Å². The van der Waals surface area contributed by atoms with Crippen molar-refractivity contribution in [2.24, 2.45) is 5.92 Å². The number of hydrogen-bond donors (Lipinski definition) is 0. The minimum atomic E-state index is 0.144. The van der Waals surface area contributed by atoms with Gasteiger partial charge in [-0.25, -0.2) is 0 Å². The summed E-state index contributed by atoms with van der Waals surface area (Å²) in [7, 11) is 0. The van der Waals surface area contributed by atoms with Crippen LogP contribution < -0.4 is 0 Å². The lowest BCUT2D eigenvalue weighted by Crippen LogP contribution is -2.46. The maximum atomic E-state index is 13.4. The van der Waals surface area contributed by atoms with Gasteiger partial charge >= 0.3 is 0 Å². The largest absolute Gasteiger partial charge is 0.381 e. The van der Waals surface area contributed by atoms with Crippen LogP contribution in [-0.4, -0.2) is 43.0 Å². The molecule has 2 aromatic rings. The minimum absolute atomic E-state index is 0.144. The quantitative estimate of drug-likeness (QED) is 0.784. The third-order valence-corrected chi connectivity index (χ3v) is 6.67. The Morgan fingerprint density at radius 1 is 1.00 bits per heavy atom. The molecule has 2 fully saturated rings. The van der Waals surface area contributed by atoms with E-state index in [4.69, 9.17) is 4.74 Å². The van der Waals surface area contributed by atoms with E-state index in [0.29, 0.717) is 11.8 Å². The van der Waals surface area contributed by atoms with Gasteiger partial charge in [0.2, 0.25) is 0 Å². The van der Waals surface area contributed by atoms with Crippen molar-refractivity contribution in [1.82, 2.24) is 4.90 Å². The van der Waals surface area contributed by atoms with Crippen molar-refractivity contribution in [1.29, 1.82) is 0 Å². The number of nitrogens with zero attached hydrogens (tertiary/aromatic N) is 1. The molecule has 3 aliphatic rings. The van der Waals surface area contributed by atoms with Gasteiger partial charge < -0.3 is 4.74 Å². The summed E-state index contributed by atoms with van der Waals surface area (Å²) in [6.45, 7) is 3.80. The van der Waals surface area contributed by atoms with Gasteiger partial charge in [0.25, 0.3) is 0 Å². The number of Topliss-reactive ketones (excluding diaryl/α,β-unsaturated/α-hetero) is 1. The number of likely N-dealkylation sites (tertiary alicyclic amines) is 1. The second-order valence-electron chi connectivity index (χ2n) is 8.15. The molecule has 0 saturated carbocycles. The van der Waals surface area contributed by atoms with Crippen LogP contribution in [0.3, 0.4) is 0 Å². The minimum Gasteiger partial charge on any atom is -0.381 e. The van der Waals surface area contributed by atoms with Crippen LogP contribution in [0, 0.1) is 5.92 Å². The number of aryl methyl sites for hydroxylation is 2. The maximum absolute atomic E-state index is 13.4.